The number of carbonyl (C=O) groups excluding carboxylic acids is 3. The van der Waals surface area contributed by atoms with E-state index in [2.05, 4.69) is 0 Å². The maximum absolute atomic E-state index is 11.2. The highest BCUT2D eigenvalue weighted by atomic mass is 16.5. The smallest absolute Gasteiger partial charge is 0.302 e. The average molecular weight is 239 g/mol. The molecular weight excluding hydrogens is 222 g/mol. The SMILES string of the molecule is CC(=O)OCCCCCCN1C(=O)C=CC1=O. The minimum atomic E-state index is -0.260. The van der Waals surface area contributed by atoms with Crippen molar-refractivity contribution in [3.05, 3.63) is 12.2 Å². The van der Waals surface area contributed by atoms with Gasteiger partial charge in [-0.3, -0.25) is 19.3 Å². The minimum absolute atomic E-state index is 0.227. The van der Waals surface area contributed by atoms with Crippen LogP contribution in [0.25, 0.3) is 0 Å². The minimum Gasteiger partial charge on any atom is -0.466 e. The fourth-order valence-corrected chi connectivity index (χ4v) is 1.59. The Kier molecular flexibility index (Phi) is 5.39. The first kappa shape index (κ1) is 13.4. The van der Waals surface area contributed by atoms with Crippen LogP contribution in [0.5, 0.6) is 0 Å². The van der Waals surface area contributed by atoms with E-state index in [1.54, 1.807) is 0 Å². The van der Waals surface area contributed by atoms with Gasteiger partial charge in [-0.2, -0.15) is 0 Å². The van der Waals surface area contributed by atoms with Crippen molar-refractivity contribution in [2.75, 3.05) is 13.2 Å². The van der Waals surface area contributed by atoms with E-state index in [4.69, 9.17) is 4.74 Å². The zero-order valence-corrected chi connectivity index (χ0v) is 9.98. The molecule has 0 aromatic rings. The standard InChI is InChI=1S/C12H17NO4/c1-10(14)17-9-5-3-2-4-8-13-11(15)6-7-12(13)16/h6-7H,2-5,8-9H2,1H3. The number of carbonyl (C=O) groups is 3. The molecule has 1 aliphatic heterocycles. The number of unbranched alkanes of at least 4 members (excludes halogenated alkanes) is 3. The summed E-state index contributed by atoms with van der Waals surface area (Å²) in [5, 5.41) is 0. The van der Waals surface area contributed by atoms with Gasteiger partial charge in [-0.15, -0.1) is 0 Å². The second kappa shape index (κ2) is 6.83. The van der Waals surface area contributed by atoms with Gasteiger partial charge in [-0.1, -0.05) is 6.42 Å². The highest BCUT2D eigenvalue weighted by Crippen LogP contribution is 2.07. The van der Waals surface area contributed by atoms with E-state index in [-0.39, 0.29) is 17.8 Å². The van der Waals surface area contributed by atoms with Crippen molar-refractivity contribution in [1.29, 1.82) is 0 Å². The van der Waals surface area contributed by atoms with Crippen LogP contribution in [0.2, 0.25) is 0 Å². The normalized spacial score (nSPS) is 14.5. The van der Waals surface area contributed by atoms with Crippen molar-refractivity contribution >= 4 is 17.8 Å². The van der Waals surface area contributed by atoms with E-state index < -0.39 is 0 Å². The zero-order chi connectivity index (χ0) is 12.7. The van der Waals surface area contributed by atoms with Crippen LogP contribution in [0.3, 0.4) is 0 Å². The molecule has 0 unspecified atom stereocenters. The number of esters is 1. The van der Waals surface area contributed by atoms with Crippen LogP contribution in [-0.2, 0) is 19.1 Å². The fraction of sp³-hybridized carbons (Fsp3) is 0.583. The summed E-state index contributed by atoms with van der Waals surface area (Å²) in [6, 6.07) is 0. The molecule has 0 saturated heterocycles. The summed E-state index contributed by atoms with van der Waals surface area (Å²) in [7, 11) is 0. The second-order valence-electron chi connectivity index (χ2n) is 3.92. The highest BCUT2D eigenvalue weighted by Gasteiger charge is 2.21. The predicted octanol–water partition coefficient (Wildman–Crippen LogP) is 1.03. The molecule has 0 aromatic heterocycles. The Morgan fingerprint density at radius 1 is 1.12 bits per heavy atom. The highest BCUT2D eigenvalue weighted by molar-refractivity contribution is 6.12. The van der Waals surface area contributed by atoms with Crippen LogP contribution in [-0.4, -0.2) is 35.8 Å². The van der Waals surface area contributed by atoms with Crippen LogP contribution >= 0.6 is 0 Å². The third kappa shape index (κ3) is 4.80. The van der Waals surface area contributed by atoms with Crippen LogP contribution < -0.4 is 0 Å². The summed E-state index contributed by atoms with van der Waals surface area (Å²) < 4.78 is 4.79. The Morgan fingerprint density at radius 2 is 1.71 bits per heavy atom. The molecular formula is C12H17NO4. The van der Waals surface area contributed by atoms with Crippen LogP contribution in [0.15, 0.2) is 12.2 Å². The van der Waals surface area contributed by atoms with E-state index in [0.717, 1.165) is 25.7 Å². The van der Waals surface area contributed by atoms with Gasteiger partial charge in [0, 0.05) is 25.6 Å². The van der Waals surface area contributed by atoms with Crippen molar-refractivity contribution < 1.29 is 19.1 Å². The van der Waals surface area contributed by atoms with Gasteiger partial charge in [0.25, 0.3) is 11.8 Å². The van der Waals surface area contributed by atoms with E-state index in [9.17, 15) is 14.4 Å². The Hall–Kier alpha value is -1.65. The average Bonchev–Trinajstić information content (AvgIpc) is 2.58. The van der Waals surface area contributed by atoms with Gasteiger partial charge in [-0.25, -0.2) is 0 Å². The summed E-state index contributed by atoms with van der Waals surface area (Å²) in [6.07, 6.45) is 6.04. The fourth-order valence-electron chi connectivity index (χ4n) is 1.59. The number of hydrogen-bond acceptors (Lipinski definition) is 4. The molecule has 0 bridgehead atoms. The lowest BCUT2D eigenvalue weighted by Gasteiger charge is -2.12. The number of imide groups is 1. The van der Waals surface area contributed by atoms with Crippen LogP contribution in [0, 0.1) is 0 Å². The Morgan fingerprint density at radius 3 is 2.29 bits per heavy atom. The first-order chi connectivity index (χ1) is 8.11. The molecule has 17 heavy (non-hydrogen) atoms. The molecule has 0 saturated carbocycles. The maximum Gasteiger partial charge on any atom is 0.302 e. The molecule has 5 heteroatoms. The van der Waals surface area contributed by atoms with Crippen LogP contribution in [0.1, 0.15) is 32.6 Å². The molecule has 1 aliphatic rings. The quantitative estimate of drug-likeness (QED) is 0.378. The molecule has 0 atom stereocenters. The Balaban J connectivity index is 1.99. The van der Waals surface area contributed by atoms with Gasteiger partial charge in [0.2, 0.25) is 0 Å². The Bertz CT molecular complexity index is 317. The second-order valence-corrected chi connectivity index (χ2v) is 3.92. The first-order valence-corrected chi connectivity index (χ1v) is 5.78. The van der Waals surface area contributed by atoms with Crippen molar-refractivity contribution in [3.63, 3.8) is 0 Å². The largest absolute Gasteiger partial charge is 0.466 e. The molecule has 94 valence electrons. The lowest BCUT2D eigenvalue weighted by atomic mass is 10.2. The van der Waals surface area contributed by atoms with Gasteiger partial charge < -0.3 is 4.74 Å². The molecule has 1 heterocycles. The topological polar surface area (TPSA) is 63.7 Å². The molecule has 0 aromatic carbocycles. The zero-order valence-electron chi connectivity index (χ0n) is 9.98. The monoisotopic (exact) mass is 239 g/mol. The van der Waals surface area contributed by atoms with Crippen molar-refractivity contribution in [3.8, 4) is 0 Å². The van der Waals surface area contributed by atoms with Gasteiger partial charge in [-0.05, 0) is 19.3 Å². The van der Waals surface area contributed by atoms with E-state index >= 15 is 0 Å². The van der Waals surface area contributed by atoms with Gasteiger partial charge in [0.05, 0.1) is 6.61 Å². The molecule has 0 radical (unpaired) electrons. The summed E-state index contributed by atoms with van der Waals surface area (Å²) in [4.78, 5) is 34.1. The number of nitrogens with zero attached hydrogens (tertiary/aromatic N) is 1. The van der Waals surface area contributed by atoms with Crippen molar-refractivity contribution in [2.24, 2.45) is 0 Å². The molecule has 1 rings (SSSR count). The number of amides is 2. The van der Waals surface area contributed by atoms with E-state index in [1.807, 2.05) is 0 Å². The van der Waals surface area contributed by atoms with Crippen molar-refractivity contribution in [2.45, 2.75) is 32.6 Å². The summed E-state index contributed by atoms with van der Waals surface area (Å²) in [5.41, 5.74) is 0. The molecule has 2 amide bonds. The first-order valence-electron chi connectivity index (χ1n) is 5.78. The molecule has 0 spiro atoms. The summed E-state index contributed by atoms with van der Waals surface area (Å²) >= 11 is 0. The summed E-state index contributed by atoms with van der Waals surface area (Å²) in [6.45, 7) is 2.30. The maximum atomic E-state index is 11.2. The lowest BCUT2D eigenvalue weighted by molar-refractivity contribution is -0.141. The number of ether oxygens (including phenoxy) is 1. The predicted molar refractivity (Wildman–Crippen MR) is 61.0 cm³/mol. The van der Waals surface area contributed by atoms with Gasteiger partial charge in [0.15, 0.2) is 0 Å². The molecule has 5 nitrogen and oxygen atoms in total. The third-order valence-corrected chi connectivity index (χ3v) is 2.48. The van der Waals surface area contributed by atoms with Gasteiger partial charge in [0.1, 0.15) is 0 Å². The van der Waals surface area contributed by atoms with Gasteiger partial charge >= 0.3 is 5.97 Å². The molecule has 0 aliphatic carbocycles. The van der Waals surface area contributed by atoms with Crippen molar-refractivity contribution in [1.82, 2.24) is 4.90 Å². The van der Waals surface area contributed by atoms with E-state index in [1.165, 1.54) is 24.0 Å². The number of rotatable bonds is 7. The van der Waals surface area contributed by atoms with Crippen LogP contribution in [0.4, 0.5) is 0 Å². The lowest BCUT2D eigenvalue weighted by Crippen LogP contribution is -2.30. The molecule has 0 N–H and O–H groups in total. The number of hydrogen-bond donors (Lipinski definition) is 0. The molecule has 0 fully saturated rings. The Labute approximate surface area is 100 Å². The van der Waals surface area contributed by atoms with E-state index in [0.29, 0.717) is 13.2 Å². The third-order valence-electron chi connectivity index (χ3n) is 2.48. The summed E-state index contributed by atoms with van der Waals surface area (Å²) in [5.74, 6) is -0.714.